The molecule has 0 radical (unpaired) electrons. The first kappa shape index (κ1) is 16.5. The smallest absolute Gasteiger partial charge is 0.136 e. The summed E-state index contributed by atoms with van der Waals surface area (Å²) in [4.78, 5) is 0. The molecule has 0 aliphatic carbocycles. The predicted molar refractivity (Wildman–Crippen MR) is 79.7 cm³/mol. The molecule has 110 valence electrons. The molecule has 4 nitrogen and oxygen atoms in total. The quantitative estimate of drug-likeness (QED) is 0.793. The first-order valence-electron chi connectivity index (χ1n) is 6.79. The van der Waals surface area contributed by atoms with E-state index < -0.39 is 0 Å². The molecule has 0 saturated carbocycles. The molecule has 0 saturated heterocycles. The molecule has 20 heavy (non-hydrogen) atoms. The van der Waals surface area contributed by atoms with Crippen LogP contribution in [0.5, 0.6) is 5.75 Å². The number of hydrogen-bond donors (Lipinski definition) is 1. The van der Waals surface area contributed by atoms with Crippen LogP contribution in [-0.2, 0) is 11.3 Å². The van der Waals surface area contributed by atoms with E-state index in [1.54, 1.807) is 20.3 Å². The van der Waals surface area contributed by atoms with E-state index in [-0.39, 0.29) is 5.41 Å². The van der Waals surface area contributed by atoms with Crippen molar-refractivity contribution in [3.63, 3.8) is 0 Å². The van der Waals surface area contributed by atoms with Crippen molar-refractivity contribution in [1.82, 2.24) is 5.32 Å². The lowest BCUT2D eigenvalue weighted by molar-refractivity contribution is 0.150. The molecule has 0 aliphatic rings. The largest absolute Gasteiger partial charge is 0.495 e. The van der Waals surface area contributed by atoms with Crippen LogP contribution >= 0.6 is 0 Å². The second kappa shape index (κ2) is 7.88. The maximum Gasteiger partial charge on any atom is 0.136 e. The van der Waals surface area contributed by atoms with Gasteiger partial charge >= 0.3 is 0 Å². The molecule has 1 rings (SSSR count). The Morgan fingerprint density at radius 1 is 1.30 bits per heavy atom. The highest BCUT2D eigenvalue weighted by Crippen LogP contribution is 2.21. The van der Waals surface area contributed by atoms with E-state index >= 15 is 0 Å². The van der Waals surface area contributed by atoms with E-state index in [4.69, 9.17) is 14.7 Å². The van der Waals surface area contributed by atoms with Crippen LogP contribution in [0.4, 0.5) is 0 Å². The average Bonchev–Trinajstić information content (AvgIpc) is 2.44. The van der Waals surface area contributed by atoms with Crippen LogP contribution in [0.1, 0.15) is 31.4 Å². The van der Waals surface area contributed by atoms with E-state index in [2.05, 4.69) is 25.2 Å². The monoisotopic (exact) mass is 276 g/mol. The highest BCUT2D eigenvalue weighted by atomic mass is 16.5. The van der Waals surface area contributed by atoms with Crippen molar-refractivity contribution in [2.24, 2.45) is 5.41 Å². The molecule has 1 aromatic rings. The zero-order valence-electron chi connectivity index (χ0n) is 12.8. The third-order valence-electron chi connectivity index (χ3n) is 3.30. The molecule has 0 aromatic heterocycles. The molecule has 0 atom stereocenters. The number of nitriles is 1. The lowest BCUT2D eigenvalue weighted by Crippen LogP contribution is -2.30. The predicted octanol–water partition coefficient (Wildman–Crippen LogP) is 2.72. The maximum absolute atomic E-state index is 8.95. The van der Waals surface area contributed by atoms with Crippen molar-refractivity contribution in [2.45, 2.75) is 26.8 Å². The number of hydrogen-bond acceptors (Lipinski definition) is 4. The van der Waals surface area contributed by atoms with Crippen LogP contribution in [0, 0.1) is 16.7 Å². The topological polar surface area (TPSA) is 54.3 Å². The first-order chi connectivity index (χ1) is 9.52. The molecule has 4 heteroatoms. The average molecular weight is 276 g/mol. The van der Waals surface area contributed by atoms with E-state index in [0.29, 0.717) is 11.3 Å². The van der Waals surface area contributed by atoms with Gasteiger partial charge in [-0.2, -0.15) is 5.26 Å². The summed E-state index contributed by atoms with van der Waals surface area (Å²) in [5.41, 5.74) is 1.88. The summed E-state index contributed by atoms with van der Waals surface area (Å²) in [6.45, 7) is 6.90. The van der Waals surface area contributed by atoms with Gasteiger partial charge in [0.1, 0.15) is 11.8 Å². The lowest BCUT2D eigenvalue weighted by Gasteiger charge is -2.24. The van der Waals surface area contributed by atoms with Crippen LogP contribution in [0.3, 0.4) is 0 Å². The third-order valence-corrected chi connectivity index (χ3v) is 3.30. The van der Waals surface area contributed by atoms with Gasteiger partial charge in [0.2, 0.25) is 0 Å². The second-order valence-electron chi connectivity index (χ2n) is 5.66. The molecule has 1 aromatic carbocycles. The highest BCUT2D eigenvalue weighted by molar-refractivity contribution is 5.45. The fraction of sp³-hybridized carbons (Fsp3) is 0.562. The van der Waals surface area contributed by atoms with Crippen LogP contribution < -0.4 is 10.1 Å². The second-order valence-corrected chi connectivity index (χ2v) is 5.66. The minimum atomic E-state index is 0.201. The van der Waals surface area contributed by atoms with Gasteiger partial charge in [0, 0.05) is 26.8 Å². The summed E-state index contributed by atoms with van der Waals surface area (Å²) in [5.74, 6) is 0.630. The fourth-order valence-electron chi connectivity index (χ4n) is 1.95. The zero-order chi connectivity index (χ0) is 15.0. The first-order valence-corrected chi connectivity index (χ1v) is 6.79. The van der Waals surface area contributed by atoms with Crippen molar-refractivity contribution < 1.29 is 9.47 Å². The summed E-state index contributed by atoms with van der Waals surface area (Å²) in [7, 11) is 3.31. The Bertz CT molecular complexity index is 464. The minimum absolute atomic E-state index is 0.201. The van der Waals surface area contributed by atoms with Crippen LogP contribution in [-0.4, -0.2) is 27.4 Å². The van der Waals surface area contributed by atoms with Gasteiger partial charge in [0.05, 0.1) is 12.7 Å². The van der Waals surface area contributed by atoms with Gasteiger partial charge in [-0.25, -0.2) is 0 Å². The molecule has 0 heterocycles. The Labute approximate surface area is 121 Å². The summed E-state index contributed by atoms with van der Waals surface area (Å²) >= 11 is 0. The Balaban J connectivity index is 2.52. The Morgan fingerprint density at radius 3 is 2.65 bits per heavy atom. The van der Waals surface area contributed by atoms with Gasteiger partial charge in [-0.05, 0) is 29.5 Å². The van der Waals surface area contributed by atoms with E-state index in [1.807, 2.05) is 12.1 Å². The normalized spacial score (nSPS) is 11.2. The van der Waals surface area contributed by atoms with Crippen LogP contribution in [0.2, 0.25) is 0 Å². The molecule has 1 N–H and O–H groups in total. The van der Waals surface area contributed by atoms with E-state index in [9.17, 15) is 0 Å². The minimum Gasteiger partial charge on any atom is -0.495 e. The van der Waals surface area contributed by atoms with Gasteiger partial charge in [-0.1, -0.05) is 19.9 Å². The third kappa shape index (κ3) is 5.20. The molecule has 0 spiro atoms. The van der Waals surface area contributed by atoms with Crippen molar-refractivity contribution in [2.75, 3.05) is 27.4 Å². The molecule has 0 unspecified atom stereocenters. The Hall–Kier alpha value is -1.57. The summed E-state index contributed by atoms with van der Waals surface area (Å²) < 4.78 is 10.3. The number of rotatable bonds is 8. The molecule has 0 amide bonds. The Morgan fingerprint density at radius 2 is 2.05 bits per heavy atom. The molecule has 0 bridgehead atoms. The maximum atomic E-state index is 8.95. The molecule has 0 fully saturated rings. The van der Waals surface area contributed by atoms with Crippen molar-refractivity contribution in [3.05, 3.63) is 29.3 Å². The van der Waals surface area contributed by atoms with Gasteiger partial charge in [-0.15, -0.1) is 0 Å². The Kier molecular flexibility index (Phi) is 6.50. The SMILES string of the molecule is COCCC(C)(C)CNCc1ccc(C#N)c(OC)c1. The summed E-state index contributed by atoms with van der Waals surface area (Å²) in [6, 6.07) is 7.78. The van der Waals surface area contributed by atoms with E-state index in [1.165, 1.54) is 0 Å². The van der Waals surface area contributed by atoms with Crippen molar-refractivity contribution in [1.29, 1.82) is 5.26 Å². The van der Waals surface area contributed by atoms with Gasteiger partial charge in [-0.3, -0.25) is 0 Å². The van der Waals surface area contributed by atoms with Gasteiger partial charge in [0.25, 0.3) is 0 Å². The van der Waals surface area contributed by atoms with Crippen LogP contribution in [0.25, 0.3) is 0 Å². The van der Waals surface area contributed by atoms with E-state index in [0.717, 1.165) is 31.7 Å². The molecule has 0 aliphatic heterocycles. The highest BCUT2D eigenvalue weighted by Gasteiger charge is 2.16. The van der Waals surface area contributed by atoms with Crippen molar-refractivity contribution >= 4 is 0 Å². The number of nitrogens with one attached hydrogen (secondary N) is 1. The standard InChI is InChI=1S/C16H24N2O2/c1-16(2,7-8-19-3)12-18-11-13-5-6-14(10-17)15(9-13)20-4/h5-6,9,18H,7-8,11-12H2,1-4H3. The van der Waals surface area contributed by atoms with Gasteiger partial charge < -0.3 is 14.8 Å². The lowest BCUT2D eigenvalue weighted by atomic mass is 9.89. The van der Waals surface area contributed by atoms with Gasteiger partial charge in [0.15, 0.2) is 0 Å². The summed E-state index contributed by atoms with van der Waals surface area (Å²) in [5, 5.41) is 12.4. The fourth-order valence-corrected chi connectivity index (χ4v) is 1.95. The molecular weight excluding hydrogens is 252 g/mol. The zero-order valence-corrected chi connectivity index (χ0v) is 12.8. The summed E-state index contributed by atoms with van der Waals surface area (Å²) in [6.07, 6.45) is 1.02. The number of nitrogens with zero attached hydrogens (tertiary/aromatic N) is 1. The number of benzene rings is 1. The number of ether oxygens (including phenoxy) is 2. The number of methoxy groups -OCH3 is 2. The molecular formula is C16H24N2O2. The van der Waals surface area contributed by atoms with Crippen LogP contribution in [0.15, 0.2) is 18.2 Å². The van der Waals surface area contributed by atoms with Crippen molar-refractivity contribution in [3.8, 4) is 11.8 Å².